The number of ether oxygens (including phenoxy) is 1. The van der Waals surface area contributed by atoms with Gasteiger partial charge < -0.3 is 4.74 Å². The quantitative estimate of drug-likeness (QED) is 0.594. The third-order valence-corrected chi connectivity index (χ3v) is 2.05. The van der Waals surface area contributed by atoms with Gasteiger partial charge in [-0.3, -0.25) is 0 Å². The van der Waals surface area contributed by atoms with Crippen LogP contribution in [0.1, 0.15) is 33.3 Å². The highest BCUT2D eigenvalue weighted by Gasteiger charge is 2.17. The van der Waals surface area contributed by atoms with E-state index in [1.54, 1.807) is 27.7 Å². The number of carbonyl (C=O) groups excluding carboxylic acids is 1. The standard InChI is InChI=1S/C14H16F2O2/c1-9(13(17)18-14(2,3)4)7-10-5-6-11(15)12(16)8-10/h5-8H,1-4H3. The van der Waals surface area contributed by atoms with Gasteiger partial charge in [-0.1, -0.05) is 6.07 Å². The summed E-state index contributed by atoms with van der Waals surface area (Å²) in [5.74, 6) is -2.34. The first-order valence-corrected chi connectivity index (χ1v) is 5.56. The van der Waals surface area contributed by atoms with Crippen LogP contribution in [0.4, 0.5) is 8.78 Å². The van der Waals surface area contributed by atoms with Crippen LogP contribution in [0.5, 0.6) is 0 Å². The predicted molar refractivity (Wildman–Crippen MR) is 65.9 cm³/mol. The Kier molecular flexibility index (Phi) is 4.22. The minimum atomic E-state index is -0.944. The Labute approximate surface area is 105 Å². The van der Waals surface area contributed by atoms with Gasteiger partial charge in [0, 0.05) is 5.57 Å². The molecule has 18 heavy (non-hydrogen) atoms. The first kappa shape index (κ1) is 14.4. The van der Waals surface area contributed by atoms with E-state index >= 15 is 0 Å². The lowest BCUT2D eigenvalue weighted by molar-refractivity contribution is -0.149. The maximum atomic E-state index is 13.0. The Balaban J connectivity index is 2.88. The molecule has 0 aliphatic heterocycles. The molecule has 0 radical (unpaired) electrons. The van der Waals surface area contributed by atoms with E-state index in [0.717, 1.165) is 12.1 Å². The van der Waals surface area contributed by atoms with Crippen LogP contribution in [0.25, 0.3) is 6.08 Å². The highest BCUT2D eigenvalue weighted by molar-refractivity contribution is 5.93. The van der Waals surface area contributed by atoms with Crippen LogP contribution in [0.2, 0.25) is 0 Å². The smallest absolute Gasteiger partial charge is 0.334 e. The molecule has 0 aliphatic carbocycles. The summed E-state index contributed by atoms with van der Waals surface area (Å²) in [6.45, 7) is 6.84. The van der Waals surface area contributed by atoms with Crippen molar-refractivity contribution in [1.82, 2.24) is 0 Å². The molecule has 0 heterocycles. The topological polar surface area (TPSA) is 26.3 Å². The molecule has 1 aromatic rings. The van der Waals surface area contributed by atoms with Crippen molar-refractivity contribution in [1.29, 1.82) is 0 Å². The van der Waals surface area contributed by atoms with Gasteiger partial charge in [-0.15, -0.1) is 0 Å². The molecular weight excluding hydrogens is 238 g/mol. The van der Waals surface area contributed by atoms with Gasteiger partial charge in [0.1, 0.15) is 5.60 Å². The zero-order valence-electron chi connectivity index (χ0n) is 10.9. The van der Waals surface area contributed by atoms with E-state index in [0.29, 0.717) is 11.1 Å². The number of esters is 1. The van der Waals surface area contributed by atoms with Crippen molar-refractivity contribution in [3.63, 3.8) is 0 Å². The molecule has 0 atom stereocenters. The maximum Gasteiger partial charge on any atom is 0.334 e. The van der Waals surface area contributed by atoms with Crippen molar-refractivity contribution in [2.75, 3.05) is 0 Å². The fourth-order valence-electron chi connectivity index (χ4n) is 1.27. The number of carbonyl (C=O) groups is 1. The maximum absolute atomic E-state index is 13.0. The Morgan fingerprint density at radius 3 is 2.33 bits per heavy atom. The molecule has 98 valence electrons. The highest BCUT2D eigenvalue weighted by Crippen LogP contribution is 2.15. The van der Waals surface area contributed by atoms with Crippen LogP contribution in [0, 0.1) is 11.6 Å². The predicted octanol–water partition coefficient (Wildman–Crippen LogP) is 3.71. The Bertz CT molecular complexity index is 485. The van der Waals surface area contributed by atoms with Gasteiger partial charge in [-0.2, -0.15) is 0 Å². The molecule has 0 saturated carbocycles. The largest absolute Gasteiger partial charge is 0.457 e. The van der Waals surface area contributed by atoms with E-state index < -0.39 is 23.2 Å². The van der Waals surface area contributed by atoms with E-state index in [9.17, 15) is 13.6 Å². The average molecular weight is 254 g/mol. The monoisotopic (exact) mass is 254 g/mol. The lowest BCUT2D eigenvalue weighted by atomic mass is 10.1. The summed E-state index contributed by atoms with van der Waals surface area (Å²) in [5, 5.41) is 0. The number of benzene rings is 1. The van der Waals surface area contributed by atoms with Crippen LogP contribution in [0.3, 0.4) is 0 Å². The van der Waals surface area contributed by atoms with E-state index in [2.05, 4.69) is 0 Å². The second kappa shape index (κ2) is 5.29. The van der Waals surface area contributed by atoms with Crippen LogP contribution in [-0.4, -0.2) is 11.6 Å². The molecule has 0 unspecified atom stereocenters. The van der Waals surface area contributed by atoms with E-state index in [-0.39, 0.29) is 0 Å². The molecule has 0 saturated heterocycles. The fourth-order valence-corrected chi connectivity index (χ4v) is 1.27. The number of hydrogen-bond donors (Lipinski definition) is 0. The third-order valence-electron chi connectivity index (χ3n) is 2.05. The fraction of sp³-hybridized carbons (Fsp3) is 0.357. The molecular formula is C14H16F2O2. The molecule has 0 amide bonds. The normalized spacial score (nSPS) is 12.4. The molecule has 0 spiro atoms. The molecule has 0 aliphatic rings. The van der Waals surface area contributed by atoms with Crippen molar-refractivity contribution in [3.05, 3.63) is 41.0 Å². The highest BCUT2D eigenvalue weighted by atomic mass is 19.2. The van der Waals surface area contributed by atoms with Crippen LogP contribution in [0.15, 0.2) is 23.8 Å². The molecule has 4 heteroatoms. The second-order valence-electron chi connectivity index (χ2n) is 5.00. The SMILES string of the molecule is CC(=Cc1ccc(F)c(F)c1)C(=O)OC(C)(C)C. The summed E-state index contributed by atoms with van der Waals surface area (Å²) in [6.07, 6.45) is 1.45. The van der Waals surface area contributed by atoms with E-state index in [1.165, 1.54) is 12.1 Å². The molecule has 1 aromatic carbocycles. The molecule has 0 N–H and O–H groups in total. The van der Waals surface area contributed by atoms with E-state index in [4.69, 9.17) is 4.74 Å². The Hall–Kier alpha value is -1.71. The van der Waals surface area contributed by atoms with Gasteiger partial charge in [0.15, 0.2) is 11.6 Å². The lowest BCUT2D eigenvalue weighted by Crippen LogP contribution is -2.24. The number of halogens is 2. The lowest BCUT2D eigenvalue weighted by Gasteiger charge is -2.19. The number of hydrogen-bond acceptors (Lipinski definition) is 2. The van der Waals surface area contributed by atoms with Crippen molar-refractivity contribution in [2.24, 2.45) is 0 Å². The third kappa shape index (κ3) is 4.28. The molecule has 1 rings (SSSR count). The number of rotatable bonds is 2. The van der Waals surface area contributed by atoms with Gasteiger partial charge in [0.2, 0.25) is 0 Å². The Morgan fingerprint density at radius 1 is 1.22 bits per heavy atom. The summed E-state index contributed by atoms with van der Waals surface area (Å²) >= 11 is 0. The Morgan fingerprint density at radius 2 is 1.83 bits per heavy atom. The second-order valence-corrected chi connectivity index (χ2v) is 5.00. The van der Waals surface area contributed by atoms with Gasteiger partial charge >= 0.3 is 5.97 Å². The van der Waals surface area contributed by atoms with Crippen molar-refractivity contribution in [3.8, 4) is 0 Å². The van der Waals surface area contributed by atoms with Gasteiger partial charge in [0.05, 0.1) is 0 Å². The van der Waals surface area contributed by atoms with Gasteiger partial charge in [0.25, 0.3) is 0 Å². The minimum absolute atomic E-state index is 0.330. The van der Waals surface area contributed by atoms with Crippen molar-refractivity contribution >= 4 is 12.0 Å². The first-order chi connectivity index (χ1) is 8.19. The first-order valence-electron chi connectivity index (χ1n) is 5.56. The zero-order chi connectivity index (χ0) is 13.9. The summed E-state index contributed by atoms with van der Waals surface area (Å²) < 4.78 is 30.9. The summed E-state index contributed by atoms with van der Waals surface area (Å²) in [6, 6.07) is 3.44. The molecule has 0 fully saturated rings. The zero-order valence-corrected chi connectivity index (χ0v) is 10.9. The average Bonchev–Trinajstić information content (AvgIpc) is 2.21. The van der Waals surface area contributed by atoms with Crippen molar-refractivity contribution in [2.45, 2.75) is 33.3 Å². The van der Waals surface area contributed by atoms with Crippen LogP contribution < -0.4 is 0 Å². The molecule has 0 aromatic heterocycles. The molecule has 0 bridgehead atoms. The van der Waals surface area contributed by atoms with Crippen LogP contribution >= 0.6 is 0 Å². The van der Waals surface area contributed by atoms with E-state index in [1.807, 2.05) is 0 Å². The summed E-state index contributed by atoms with van der Waals surface area (Å²) in [5.41, 5.74) is 0.161. The summed E-state index contributed by atoms with van der Waals surface area (Å²) in [7, 11) is 0. The van der Waals surface area contributed by atoms with Crippen LogP contribution in [-0.2, 0) is 9.53 Å². The van der Waals surface area contributed by atoms with Crippen molar-refractivity contribution < 1.29 is 18.3 Å². The summed E-state index contributed by atoms with van der Waals surface area (Å²) in [4.78, 5) is 11.7. The minimum Gasteiger partial charge on any atom is -0.457 e. The molecule has 2 nitrogen and oxygen atoms in total. The van der Waals surface area contributed by atoms with Gasteiger partial charge in [-0.25, -0.2) is 13.6 Å². The van der Waals surface area contributed by atoms with Gasteiger partial charge in [-0.05, 0) is 51.5 Å².